The van der Waals surface area contributed by atoms with E-state index in [1.165, 1.54) is 6.07 Å². The van der Waals surface area contributed by atoms with E-state index in [9.17, 15) is 18.0 Å². The van der Waals surface area contributed by atoms with Crippen molar-refractivity contribution in [3.05, 3.63) is 59.2 Å². The lowest BCUT2D eigenvalue weighted by atomic mass is 10.1. The first-order chi connectivity index (χ1) is 12.3. The van der Waals surface area contributed by atoms with Gasteiger partial charge in [-0.2, -0.15) is 13.2 Å². The second-order valence-electron chi connectivity index (χ2n) is 5.70. The topological polar surface area (TPSA) is 69.0 Å². The SMILES string of the molecule is Cc1ccc(CNC(=O)COn2nnc3ccc(C(F)(F)F)cc32)cc1. The third-order valence-electron chi connectivity index (χ3n) is 3.67. The highest BCUT2D eigenvalue weighted by molar-refractivity contribution is 5.78. The van der Waals surface area contributed by atoms with Crippen molar-refractivity contribution in [1.82, 2.24) is 20.5 Å². The molecule has 0 atom stereocenters. The molecular formula is C17H15F3N4O2. The number of nitrogens with zero attached hydrogens (tertiary/aromatic N) is 3. The second-order valence-corrected chi connectivity index (χ2v) is 5.70. The van der Waals surface area contributed by atoms with Gasteiger partial charge in [0.15, 0.2) is 6.61 Å². The highest BCUT2D eigenvalue weighted by Gasteiger charge is 2.31. The third kappa shape index (κ3) is 4.11. The van der Waals surface area contributed by atoms with E-state index in [1.54, 1.807) is 0 Å². The molecule has 0 fully saturated rings. The molecule has 3 rings (SSSR count). The summed E-state index contributed by atoms with van der Waals surface area (Å²) < 4.78 is 38.4. The van der Waals surface area contributed by atoms with E-state index in [1.807, 2.05) is 31.2 Å². The Morgan fingerprint density at radius 3 is 2.62 bits per heavy atom. The number of amides is 1. The Kier molecular flexibility index (Phi) is 4.79. The van der Waals surface area contributed by atoms with Gasteiger partial charge in [0.2, 0.25) is 0 Å². The van der Waals surface area contributed by atoms with Crippen molar-refractivity contribution in [2.75, 3.05) is 6.61 Å². The summed E-state index contributed by atoms with van der Waals surface area (Å²) in [7, 11) is 0. The Morgan fingerprint density at radius 2 is 1.92 bits per heavy atom. The van der Waals surface area contributed by atoms with Gasteiger partial charge in [0.05, 0.1) is 5.56 Å². The van der Waals surface area contributed by atoms with Gasteiger partial charge in [0, 0.05) is 6.54 Å². The molecule has 1 N–H and O–H groups in total. The molecule has 0 radical (unpaired) electrons. The number of carbonyl (C=O) groups excluding carboxylic acids is 1. The molecule has 0 bridgehead atoms. The summed E-state index contributed by atoms with van der Waals surface area (Å²) in [4.78, 5) is 17.8. The van der Waals surface area contributed by atoms with E-state index < -0.39 is 24.3 Å². The summed E-state index contributed by atoms with van der Waals surface area (Å²) >= 11 is 0. The van der Waals surface area contributed by atoms with E-state index in [0.717, 1.165) is 28.1 Å². The number of hydrogen-bond donors (Lipinski definition) is 1. The molecule has 0 aliphatic heterocycles. The standard InChI is InChI=1S/C17H15F3N4O2/c1-11-2-4-12(5-3-11)9-21-16(25)10-26-24-15-8-13(17(18,19)20)6-7-14(15)22-23-24/h2-8H,9-10H2,1H3,(H,21,25). The number of hydrogen-bond acceptors (Lipinski definition) is 4. The van der Waals surface area contributed by atoms with Crippen molar-refractivity contribution in [1.29, 1.82) is 0 Å². The van der Waals surface area contributed by atoms with E-state index in [-0.39, 0.29) is 11.0 Å². The largest absolute Gasteiger partial charge is 0.416 e. The molecular weight excluding hydrogens is 349 g/mol. The van der Waals surface area contributed by atoms with Crippen LogP contribution < -0.4 is 10.2 Å². The summed E-state index contributed by atoms with van der Waals surface area (Å²) in [5.41, 5.74) is 1.45. The summed E-state index contributed by atoms with van der Waals surface area (Å²) in [6.45, 7) is 1.88. The molecule has 26 heavy (non-hydrogen) atoms. The van der Waals surface area contributed by atoms with Crippen LogP contribution in [0.3, 0.4) is 0 Å². The zero-order valence-electron chi connectivity index (χ0n) is 13.7. The molecule has 6 nitrogen and oxygen atoms in total. The normalized spacial score (nSPS) is 11.5. The zero-order chi connectivity index (χ0) is 18.7. The molecule has 136 valence electrons. The van der Waals surface area contributed by atoms with Crippen molar-refractivity contribution in [2.45, 2.75) is 19.6 Å². The van der Waals surface area contributed by atoms with Crippen molar-refractivity contribution in [3.8, 4) is 0 Å². The minimum Gasteiger partial charge on any atom is -0.385 e. The van der Waals surface area contributed by atoms with Crippen LogP contribution in [-0.4, -0.2) is 27.7 Å². The van der Waals surface area contributed by atoms with Gasteiger partial charge >= 0.3 is 6.18 Å². The number of benzene rings is 2. The van der Waals surface area contributed by atoms with Gasteiger partial charge in [0.1, 0.15) is 11.0 Å². The van der Waals surface area contributed by atoms with Gasteiger partial charge in [0.25, 0.3) is 5.91 Å². The summed E-state index contributed by atoms with van der Waals surface area (Å²) in [5.74, 6) is -0.429. The van der Waals surface area contributed by atoms with Gasteiger partial charge in [-0.3, -0.25) is 4.79 Å². The molecule has 9 heteroatoms. The number of aromatic nitrogens is 3. The highest BCUT2D eigenvalue weighted by Crippen LogP contribution is 2.30. The average Bonchev–Trinajstić information content (AvgIpc) is 3.01. The van der Waals surface area contributed by atoms with E-state index >= 15 is 0 Å². The maximum atomic E-state index is 12.8. The molecule has 0 spiro atoms. The first-order valence-corrected chi connectivity index (χ1v) is 7.71. The van der Waals surface area contributed by atoms with Gasteiger partial charge in [-0.05, 0) is 35.9 Å². The highest BCUT2D eigenvalue weighted by atomic mass is 19.4. The van der Waals surface area contributed by atoms with Crippen LogP contribution in [0.2, 0.25) is 0 Å². The second kappa shape index (κ2) is 7.03. The van der Waals surface area contributed by atoms with Crippen LogP contribution in [0.4, 0.5) is 13.2 Å². The average molecular weight is 364 g/mol. The van der Waals surface area contributed by atoms with Gasteiger partial charge < -0.3 is 10.2 Å². The van der Waals surface area contributed by atoms with Crippen LogP contribution in [0.25, 0.3) is 11.0 Å². The third-order valence-corrected chi connectivity index (χ3v) is 3.67. The van der Waals surface area contributed by atoms with E-state index in [0.29, 0.717) is 6.54 Å². The van der Waals surface area contributed by atoms with Crippen LogP contribution in [-0.2, 0) is 17.5 Å². The Labute approximate surface area is 146 Å². The Morgan fingerprint density at radius 1 is 1.19 bits per heavy atom. The predicted octanol–water partition coefficient (Wildman–Crippen LogP) is 2.50. The fourth-order valence-electron chi connectivity index (χ4n) is 2.25. The van der Waals surface area contributed by atoms with Gasteiger partial charge in [-0.25, -0.2) is 0 Å². The van der Waals surface area contributed by atoms with Crippen LogP contribution in [0, 0.1) is 6.92 Å². The molecule has 3 aromatic rings. The number of halogens is 3. The fourth-order valence-corrected chi connectivity index (χ4v) is 2.25. The molecule has 1 heterocycles. The Hall–Kier alpha value is -3.10. The number of aryl methyl sites for hydroxylation is 1. The molecule has 0 unspecified atom stereocenters. The maximum Gasteiger partial charge on any atom is 0.416 e. The van der Waals surface area contributed by atoms with Crippen LogP contribution in [0.5, 0.6) is 0 Å². The van der Waals surface area contributed by atoms with Crippen LogP contribution in [0.1, 0.15) is 16.7 Å². The summed E-state index contributed by atoms with van der Waals surface area (Å²) in [6.07, 6.45) is -4.49. The molecule has 0 aliphatic rings. The summed E-state index contributed by atoms with van der Waals surface area (Å²) in [5, 5.41) is 9.99. The smallest absolute Gasteiger partial charge is 0.385 e. The van der Waals surface area contributed by atoms with Crippen LogP contribution in [0.15, 0.2) is 42.5 Å². The van der Waals surface area contributed by atoms with Crippen molar-refractivity contribution in [3.63, 3.8) is 0 Å². The molecule has 1 aromatic heterocycles. The number of rotatable bonds is 5. The molecule has 0 aliphatic carbocycles. The van der Waals surface area contributed by atoms with Gasteiger partial charge in [-0.15, -0.1) is 5.10 Å². The lowest BCUT2D eigenvalue weighted by Gasteiger charge is -2.09. The molecule has 2 aromatic carbocycles. The van der Waals surface area contributed by atoms with Crippen molar-refractivity contribution < 1.29 is 22.8 Å². The minimum atomic E-state index is -4.49. The number of fused-ring (bicyclic) bond motifs is 1. The van der Waals surface area contributed by atoms with Crippen LogP contribution >= 0.6 is 0 Å². The molecule has 0 saturated heterocycles. The van der Waals surface area contributed by atoms with Crippen molar-refractivity contribution >= 4 is 16.9 Å². The van der Waals surface area contributed by atoms with Crippen molar-refractivity contribution in [2.24, 2.45) is 0 Å². The van der Waals surface area contributed by atoms with Gasteiger partial charge in [-0.1, -0.05) is 34.7 Å². The maximum absolute atomic E-state index is 12.8. The predicted molar refractivity (Wildman–Crippen MR) is 87.0 cm³/mol. The minimum absolute atomic E-state index is 0.0335. The number of nitrogens with one attached hydrogen (secondary N) is 1. The van der Waals surface area contributed by atoms with E-state index in [4.69, 9.17) is 4.84 Å². The summed E-state index contributed by atoms with van der Waals surface area (Å²) in [6, 6.07) is 10.6. The van der Waals surface area contributed by atoms with E-state index in [2.05, 4.69) is 15.6 Å². The monoisotopic (exact) mass is 364 g/mol. The molecule has 0 saturated carbocycles. The lowest BCUT2D eigenvalue weighted by molar-refractivity contribution is -0.137. The zero-order valence-corrected chi connectivity index (χ0v) is 13.7. The lowest BCUT2D eigenvalue weighted by Crippen LogP contribution is -2.31. The first-order valence-electron chi connectivity index (χ1n) is 7.71. The number of carbonyl (C=O) groups is 1. The number of alkyl halides is 3. The Balaban J connectivity index is 1.62. The quantitative estimate of drug-likeness (QED) is 0.755. The fraction of sp³-hybridized carbons (Fsp3) is 0.235. The first kappa shape index (κ1) is 17.7. The molecule has 1 amide bonds. The Bertz CT molecular complexity index is 920.